The number of hydrogen-bond donors (Lipinski definition) is 1. The minimum Gasteiger partial charge on any atom is -0.384 e. The number of aliphatic hydroxyl groups is 1. The molecular weight excluding hydrogens is 348 g/mol. The summed E-state index contributed by atoms with van der Waals surface area (Å²) in [5.41, 5.74) is 1.86. The van der Waals surface area contributed by atoms with Gasteiger partial charge < -0.3 is 5.11 Å². The molecule has 74 valence electrons. The summed E-state index contributed by atoms with van der Waals surface area (Å²) in [4.78, 5) is 0. The maximum Gasteiger partial charge on any atom is 0.107 e. The first kappa shape index (κ1) is 10.8. The zero-order valence-corrected chi connectivity index (χ0v) is 11.7. The maximum atomic E-state index is 10.0. The highest BCUT2D eigenvalue weighted by Crippen LogP contribution is 2.38. The molecule has 1 N–H and O–H groups in total. The quantitative estimate of drug-likeness (QED) is 0.847. The molecule has 14 heavy (non-hydrogen) atoms. The lowest BCUT2D eigenvalue weighted by atomic mass is 10.1. The molecule has 2 heterocycles. The van der Waals surface area contributed by atoms with Gasteiger partial charge in [-0.3, -0.25) is 0 Å². The molecule has 0 bridgehead atoms. The predicted molar refractivity (Wildman–Crippen MR) is 68.1 cm³/mol. The van der Waals surface area contributed by atoms with Crippen molar-refractivity contribution in [2.24, 2.45) is 0 Å². The Balaban J connectivity index is 2.36. The smallest absolute Gasteiger partial charge is 0.107 e. The Bertz CT molecular complexity index is 422. The van der Waals surface area contributed by atoms with E-state index in [2.05, 4.69) is 31.9 Å². The SMILES string of the molecule is OC(c1ccsc1)c1cc(Br)sc1Br. The van der Waals surface area contributed by atoms with Crippen molar-refractivity contribution in [1.29, 1.82) is 0 Å². The van der Waals surface area contributed by atoms with Crippen LogP contribution in [-0.2, 0) is 0 Å². The van der Waals surface area contributed by atoms with Crippen LogP contribution in [0.4, 0.5) is 0 Å². The lowest BCUT2D eigenvalue weighted by molar-refractivity contribution is 0.220. The molecule has 1 unspecified atom stereocenters. The Hall–Kier alpha value is 0.320. The van der Waals surface area contributed by atoms with Crippen LogP contribution in [0.3, 0.4) is 0 Å². The van der Waals surface area contributed by atoms with Crippen molar-refractivity contribution < 1.29 is 5.11 Å². The summed E-state index contributed by atoms with van der Waals surface area (Å²) in [6.45, 7) is 0. The Morgan fingerprint density at radius 2 is 2.14 bits per heavy atom. The molecule has 0 aliphatic carbocycles. The molecule has 2 aromatic heterocycles. The summed E-state index contributed by atoms with van der Waals surface area (Å²) in [6, 6.07) is 3.88. The lowest BCUT2D eigenvalue weighted by Crippen LogP contribution is -1.96. The number of aliphatic hydroxyl groups excluding tert-OH is 1. The highest BCUT2D eigenvalue weighted by molar-refractivity contribution is 9.12. The van der Waals surface area contributed by atoms with Crippen molar-refractivity contribution in [1.82, 2.24) is 0 Å². The van der Waals surface area contributed by atoms with Crippen LogP contribution >= 0.6 is 54.5 Å². The number of thiophene rings is 2. The highest BCUT2D eigenvalue weighted by Gasteiger charge is 2.16. The molecule has 2 rings (SSSR count). The zero-order chi connectivity index (χ0) is 10.1. The van der Waals surface area contributed by atoms with Gasteiger partial charge in [0.1, 0.15) is 6.10 Å². The summed E-state index contributed by atoms with van der Waals surface area (Å²) in [6.07, 6.45) is -0.529. The van der Waals surface area contributed by atoms with Gasteiger partial charge in [-0.25, -0.2) is 0 Å². The van der Waals surface area contributed by atoms with Crippen molar-refractivity contribution >= 4 is 54.5 Å². The van der Waals surface area contributed by atoms with Crippen LogP contribution in [0.5, 0.6) is 0 Å². The Labute approximate surface area is 107 Å². The average Bonchev–Trinajstić information content (AvgIpc) is 2.73. The summed E-state index contributed by atoms with van der Waals surface area (Å²) < 4.78 is 2.00. The van der Waals surface area contributed by atoms with Crippen molar-refractivity contribution in [2.45, 2.75) is 6.10 Å². The second kappa shape index (κ2) is 4.45. The molecular formula is C9H6Br2OS2. The molecule has 1 atom stereocenters. The van der Waals surface area contributed by atoms with Crippen molar-refractivity contribution in [3.8, 4) is 0 Å². The van der Waals surface area contributed by atoms with Gasteiger partial charge in [0, 0.05) is 5.56 Å². The second-order valence-electron chi connectivity index (χ2n) is 2.74. The Kier molecular flexibility index (Phi) is 3.44. The molecule has 1 nitrogen and oxygen atoms in total. The number of rotatable bonds is 2. The molecule has 0 aliphatic rings. The molecule has 0 aliphatic heterocycles. The largest absolute Gasteiger partial charge is 0.384 e. The van der Waals surface area contributed by atoms with E-state index in [1.807, 2.05) is 22.9 Å². The van der Waals surface area contributed by atoms with E-state index in [1.54, 1.807) is 22.7 Å². The van der Waals surface area contributed by atoms with E-state index in [0.717, 1.165) is 18.7 Å². The third-order valence-electron chi connectivity index (χ3n) is 1.84. The van der Waals surface area contributed by atoms with Crippen LogP contribution < -0.4 is 0 Å². The fraction of sp³-hybridized carbons (Fsp3) is 0.111. The Morgan fingerprint density at radius 3 is 2.64 bits per heavy atom. The molecule has 0 aromatic carbocycles. The van der Waals surface area contributed by atoms with Crippen LogP contribution in [0, 0.1) is 0 Å². The third kappa shape index (κ3) is 2.12. The molecule has 0 saturated heterocycles. The van der Waals surface area contributed by atoms with Crippen molar-refractivity contribution in [3.05, 3.63) is 41.6 Å². The van der Waals surface area contributed by atoms with E-state index in [9.17, 15) is 5.11 Å². The monoisotopic (exact) mass is 352 g/mol. The van der Waals surface area contributed by atoms with Crippen molar-refractivity contribution in [3.63, 3.8) is 0 Å². The highest BCUT2D eigenvalue weighted by atomic mass is 79.9. The second-order valence-corrected chi connectivity index (χ2v) is 7.27. The molecule has 0 fully saturated rings. The molecule has 0 radical (unpaired) electrons. The van der Waals surface area contributed by atoms with Crippen LogP contribution in [-0.4, -0.2) is 5.11 Å². The zero-order valence-electron chi connectivity index (χ0n) is 6.91. The van der Waals surface area contributed by atoms with Crippen LogP contribution in [0.15, 0.2) is 30.5 Å². The molecule has 0 spiro atoms. The minimum atomic E-state index is -0.529. The van der Waals surface area contributed by atoms with E-state index < -0.39 is 6.10 Å². The fourth-order valence-electron chi connectivity index (χ4n) is 1.15. The van der Waals surface area contributed by atoms with Gasteiger partial charge in [0.15, 0.2) is 0 Å². The molecule has 0 saturated carbocycles. The van der Waals surface area contributed by atoms with Crippen molar-refractivity contribution in [2.75, 3.05) is 0 Å². The molecule has 5 heteroatoms. The van der Waals surface area contributed by atoms with E-state index >= 15 is 0 Å². The van der Waals surface area contributed by atoms with E-state index in [-0.39, 0.29) is 0 Å². The molecule has 2 aromatic rings. The topological polar surface area (TPSA) is 20.2 Å². The predicted octanol–water partition coefficient (Wildman–Crippen LogP) is 4.42. The van der Waals surface area contributed by atoms with Crippen LogP contribution in [0.1, 0.15) is 17.2 Å². The average molecular weight is 354 g/mol. The number of hydrogen-bond acceptors (Lipinski definition) is 3. The van der Waals surface area contributed by atoms with E-state index in [0.29, 0.717) is 0 Å². The summed E-state index contributed by atoms with van der Waals surface area (Å²) in [5, 5.41) is 14.0. The summed E-state index contributed by atoms with van der Waals surface area (Å²) in [5.74, 6) is 0. The fourth-order valence-corrected chi connectivity index (χ4v) is 4.71. The van der Waals surface area contributed by atoms with Crippen LogP contribution in [0.2, 0.25) is 0 Å². The first-order chi connectivity index (χ1) is 6.68. The normalized spacial score (nSPS) is 13.1. The van der Waals surface area contributed by atoms with Gasteiger partial charge in [-0.15, -0.1) is 11.3 Å². The van der Waals surface area contributed by atoms with Gasteiger partial charge >= 0.3 is 0 Å². The third-order valence-corrected chi connectivity index (χ3v) is 4.92. The standard InChI is InChI=1S/C9H6Br2OS2/c10-7-3-6(9(11)14-7)8(12)5-1-2-13-4-5/h1-4,8,12H. The van der Waals surface area contributed by atoms with Crippen LogP contribution in [0.25, 0.3) is 0 Å². The maximum absolute atomic E-state index is 10.0. The van der Waals surface area contributed by atoms with Gasteiger partial charge in [0.2, 0.25) is 0 Å². The molecule has 0 amide bonds. The van der Waals surface area contributed by atoms with Gasteiger partial charge in [-0.1, -0.05) is 0 Å². The van der Waals surface area contributed by atoms with Gasteiger partial charge in [-0.05, 0) is 60.3 Å². The van der Waals surface area contributed by atoms with E-state index in [1.165, 1.54) is 0 Å². The summed E-state index contributed by atoms with van der Waals surface area (Å²) in [7, 11) is 0. The first-order valence-electron chi connectivity index (χ1n) is 3.83. The van der Waals surface area contributed by atoms with E-state index in [4.69, 9.17) is 0 Å². The lowest BCUT2D eigenvalue weighted by Gasteiger charge is -2.06. The number of halogens is 2. The summed E-state index contributed by atoms with van der Waals surface area (Å²) >= 11 is 9.99. The minimum absolute atomic E-state index is 0.529. The van der Waals surface area contributed by atoms with Gasteiger partial charge in [-0.2, -0.15) is 11.3 Å². The Morgan fingerprint density at radius 1 is 1.36 bits per heavy atom. The first-order valence-corrected chi connectivity index (χ1v) is 7.18. The van der Waals surface area contributed by atoms with Gasteiger partial charge in [0.25, 0.3) is 0 Å². The van der Waals surface area contributed by atoms with Gasteiger partial charge in [0.05, 0.1) is 7.57 Å².